The molecule has 5 rings (SSSR count). The third-order valence-electron chi connectivity index (χ3n) is 7.02. The molecule has 26 heavy (non-hydrogen) atoms. The minimum Gasteiger partial charge on any atom is -0.469 e. The number of aliphatic hydroxyl groups excluding tert-OH is 1. The highest BCUT2D eigenvalue weighted by atomic mass is 16.5. The normalized spacial score (nSPS) is 34.0. The average Bonchev–Trinajstić information content (AvgIpc) is 3.05. The van der Waals surface area contributed by atoms with Crippen molar-refractivity contribution >= 4 is 16.9 Å². The molecule has 0 amide bonds. The third-order valence-corrected chi connectivity index (χ3v) is 7.02. The van der Waals surface area contributed by atoms with Gasteiger partial charge in [-0.25, -0.2) is 0 Å². The van der Waals surface area contributed by atoms with Crippen molar-refractivity contribution in [3.8, 4) is 0 Å². The number of aromatic amines is 1. The third kappa shape index (κ3) is 2.33. The van der Waals surface area contributed by atoms with Crippen LogP contribution < -0.4 is 0 Å². The Kier molecular flexibility index (Phi) is 3.83. The SMILES string of the molecule is COC(=O)[C@@H]1[C@@H]2C[C@@H]3c4[nH]c5ccccc5c4CCN3C[C@H]2CC[C@@H]1O. The Labute approximate surface area is 153 Å². The van der Waals surface area contributed by atoms with Gasteiger partial charge < -0.3 is 14.8 Å². The van der Waals surface area contributed by atoms with Crippen LogP contribution in [0.3, 0.4) is 0 Å². The van der Waals surface area contributed by atoms with Crippen molar-refractivity contribution in [1.29, 1.82) is 0 Å². The van der Waals surface area contributed by atoms with Gasteiger partial charge in [0.25, 0.3) is 0 Å². The number of nitrogens with one attached hydrogen (secondary N) is 1. The summed E-state index contributed by atoms with van der Waals surface area (Å²) in [7, 11) is 1.43. The van der Waals surface area contributed by atoms with Crippen molar-refractivity contribution in [1.82, 2.24) is 9.88 Å². The van der Waals surface area contributed by atoms with Crippen molar-refractivity contribution in [2.75, 3.05) is 20.2 Å². The summed E-state index contributed by atoms with van der Waals surface area (Å²) in [4.78, 5) is 18.6. The van der Waals surface area contributed by atoms with E-state index in [4.69, 9.17) is 4.74 Å². The van der Waals surface area contributed by atoms with E-state index in [9.17, 15) is 9.90 Å². The van der Waals surface area contributed by atoms with Crippen LogP contribution in [-0.2, 0) is 16.0 Å². The molecule has 3 aliphatic rings. The molecule has 1 saturated carbocycles. The predicted molar refractivity (Wildman–Crippen MR) is 98.7 cm³/mol. The monoisotopic (exact) mass is 354 g/mol. The first-order valence-electron chi connectivity index (χ1n) is 9.76. The first-order valence-corrected chi connectivity index (χ1v) is 9.76. The molecule has 2 aromatic rings. The molecule has 1 aromatic heterocycles. The van der Waals surface area contributed by atoms with Crippen LogP contribution in [0.5, 0.6) is 0 Å². The van der Waals surface area contributed by atoms with Crippen LogP contribution in [0.1, 0.15) is 36.6 Å². The van der Waals surface area contributed by atoms with Crippen LogP contribution >= 0.6 is 0 Å². The number of aliphatic hydroxyl groups is 1. The predicted octanol–water partition coefficient (Wildman–Crippen LogP) is 2.65. The molecule has 1 aromatic carbocycles. The van der Waals surface area contributed by atoms with Gasteiger partial charge in [0.05, 0.1) is 25.2 Å². The Morgan fingerprint density at radius 3 is 3.00 bits per heavy atom. The second kappa shape index (κ2) is 6.10. The number of esters is 1. The van der Waals surface area contributed by atoms with Crippen LogP contribution in [-0.4, -0.2) is 47.3 Å². The van der Waals surface area contributed by atoms with E-state index < -0.39 is 6.10 Å². The van der Waals surface area contributed by atoms with Gasteiger partial charge >= 0.3 is 5.97 Å². The Bertz CT molecular complexity index is 845. The zero-order valence-electron chi connectivity index (χ0n) is 15.1. The fourth-order valence-corrected chi connectivity index (χ4v) is 5.80. The van der Waals surface area contributed by atoms with Gasteiger partial charge in [0.2, 0.25) is 0 Å². The number of ether oxygens (including phenoxy) is 1. The lowest BCUT2D eigenvalue weighted by Crippen LogP contribution is -2.53. The summed E-state index contributed by atoms with van der Waals surface area (Å²) < 4.78 is 5.04. The molecule has 0 unspecified atom stereocenters. The Hall–Kier alpha value is -1.85. The number of hydrogen-bond acceptors (Lipinski definition) is 4. The minimum atomic E-state index is -0.568. The van der Waals surface area contributed by atoms with Crippen LogP contribution in [0.2, 0.25) is 0 Å². The first-order chi connectivity index (χ1) is 12.7. The number of benzene rings is 1. The maximum atomic E-state index is 12.4. The molecule has 5 nitrogen and oxygen atoms in total. The number of hydrogen-bond donors (Lipinski definition) is 2. The van der Waals surface area contributed by atoms with Crippen LogP contribution in [0.15, 0.2) is 24.3 Å². The molecule has 2 fully saturated rings. The highest BCUT2D eigenvalue weighted by molar-refractivity contribution is 5.85. The van der Waals surface area contributed by atoms with E-state index in [-0.39, 0.29) is 17.8 Å². The fourth-order valence-electron chi connectivity index (χ4n) is 5.80. The number of piperidine rings is 1. The molecule has 0 radical (unpaired) electrons. The smallest absolute Gasteiger partial charge is 0.311 e. The lowest BCUT2D eigenvalue weighted by Gasteiger charge is -2.50. The van der Waals surface area contributed by atoms with E-state index >= 15 is 0 Å². The molecule has 2 N–H and O–H groups in total. The molecule has 0 spiro atoms. The van der Waals surface area contributed by atoms with E-state index in [1.165, 1.54) is 29.3 Å². The quantitative estimate of drug-likeness (QED) is 0.773. The summed E-state index contributed by atoms with van der Waals surface area (Å²) in [5.41, 5.74) is 3.96. The largest absolute Gasteiger partial charge is 0.469 e. The molecule has 138 valence electrons. The zero-order chi connectivity index (χ0) is 17.8. The zero-order valence-corrected chi connectivity index (χ0v) is 15.1. The number of carbonyl (C=O) groups excluding carboxylic acids is 1. The highest BCUT2D eigenvalue weighted by Crippen LogP contribution is 2.49. The molecule has 1 aliphatic carbocycles. The maximum absolute atomic E-state index is 12.4. The number of H-pyrrole nitrogens is 1. The average molecular weight is 354 g/mol. The summed E-state index contributed by atoms with van der Waals surface area (Å²) in [6.45, 7) is 2.10. The summed E-state index contributed by atoms with van der Waals surface area (Å²) in [5, 5.41) is 11.8. The van der Waals surface area contributed by atoms with E-state index in [0.29, 0.717) is 18.4 Å². The number of carbonyl (C=O) groups is 1. The summed E-state index contributed by atoms with van der Waals surface area (Å²) in [6, 6.07) is 8.83. The van der Waals surface area contributed by atoms with Gasteiger partial charge in [-0.3, -0.25) is 9.69 Å². The molecule has 5 heteroatoms. The lowest BCUT2D eigenvalue weighted by molar-refractivity contribution is -0.160. The van der Waals surface area contributed by atoms with Gasteiger partial charge in [-0.2, -0.15) is 0 Å². The molecule has 2 aliphatic heterocycles. The Balaban J connectivity index is 1.52. The standard InChI is InChI=1S/C21H26N2O3/c1-26-21(25)19-15-10-17-20-14(13-4-2-3-5-16(13)22-20)8-9-23(17)11-12(15)6-7-18(19)24/h2-5,12,15,17-19,22,24H,6-11H2,1H3/t12-,15-,17-,18+,19-/m1/s1. The van der Waals surface area contributed by atoms with Crippen molar-refractivity contribution in [3.63, 3.8) is 0 Å². The van der Waals surface area contributed by atoms with Gasteiger partial charge in [0, 0.05) is 29.7 Å². The summed E-state index contributed by atoms with van der Waals surface area (Å²) in [5.74, 6) is 0.0541. The van der Waals surface area contributed by atoms with E-state index in [1.54, 1.807) is 0 Å². The number of methoxy groups -OCH3 is 1. The van der Waals surface area contributed by atoms with E-state index in [2.05, 4.69) is 34.1 Å². The van der Waals surface area contributed by atoms with Crippen LogP contribution in [0.25, 0.3) is 10.9 Å². The van der Waals surface area contributed by atoms with Crippen molar-refractivity contribution in [2.24, 2.45) is 17.8 Å². The molecular formula is C21H26N2O3. The summed E-state index contributed by atoms with van der Waals surface area (Å²) >= 11 is 0. The van der Waals surface area contributed by atoms with Crippen molar-refractivity contribution in [3.05, 3.63) is 35.5 Å². The van der Waals surface area contributed by atoms with Crippen LogP contribution in [0, 0.1) is 17.8 Å². The second-order valence-electron chi connectivity index (χ2n) is 8.18. The summed E-state index contributed by atoms with van der Waals surface area (Å²) in [6.07, 6.45) is 3.14. The second-order valence-corrected chi connectivity index (χ2v) is 8.18. The number of nitrogens with zero attached hydrogens (tertiary/aromatic N) is 1. The van der Waals surface area contributed by atoms with Crippen molar-refractivity contribution < 1.29 is 14.6 Å². The first kappa shape index (κ1) is 16.3. The minimum absolute atomic E-state index is 0.199. The van der Waals surface area contributed by atoms with Crippen LogP contribution in [0.4, 0.5) is 0 Å². The van der Waals surface area contributed by atoms with Gasteiger partial charge in [-0.05, 0) is 49.1 Å². The van der Waals surface area contributed by atoms with Gasteiger partial charge in [0.1, 0.15) is 0 Å². The fraction of sp³-hybridized carbons (Fsp3) is 0.571. The number of fused-ring (bicyclic) bond motifs is 6. The molecular weight excluding hydrogens is 328 g/mol. The van der Waals surface area contributed by atoms with Gasteiger partial charge in [-0.15, -0.1) is 0 Å². The Morgan fingerprint density at radius 1 is 1.31 bits per heavy atom. The van der Waals surface area contributed by atoms with E-state index in [1.807, 2.05) is 0 Å². The number of rotatable bonds is 1. The number of para-hydroxylation sites is 1. The topological polar surface area (TPSA) is 65.6 Å². The molecule has 3 heterocycles. The van der Waals surface area contributed by atoms with Gasteiger partial charge in [-0.1, -0.05) is 18.2 Å². The lowest BCUT2D eigenvalue weighted by atomic mass is 9.65. The maximum Gasteiger partial charge on any atom is 0.311 e. The van der Waals surface area contributed by atoms with E-state index in [0.717, 1.165) is 32.4 Å². The van der Waals surface area contributed by atoms with Crippen molar-refractivity contribution in [2.45, 2.75) is 37.8 Å². The highest BCUT2D eigenvalue weighted by Gasteiger charge is 2.49. The molecule has 1 saturated heterocycles. The molecule has 5 atom stereocenters. The Morgan fingerprint density at radius 2 is 2.15 bits per heavy atom. The van der Waals surface area contributed by atoms with Gasteiger partial charge in [0.15, 0.2) is 0 Å². The molecule has 0 bridgehead atoms. The number of aromatic nitrogens is 1.